The van der Waals surface area contributed by atoms with Gasteiger partial charge in [0.05, 0.1) is 85.5 Å². The maximum absolute atomic E-state index is 14.3. The molecule has 4 unspecified atom stereocenters. The molecule has 457 valence electrons. The summed E-state index contributed by atoms with van der Waals surface area (Å²) < 4.78 is 48.6. The van der Waals surface area contributed by atoms with E-state index in [9.17, 15) is 14.4 Å². The summed E-state index contributed by atoms with van der Waals surface area (Å²) in [5.41, 5.74) is 10.4. The van der Waals surface area contributed by atoms with Gasteiger partial charge in [-0.2, -0.15) is 0 Å². The maximum atomic E-state index is 14.3. The largest absolute Gasteiger partial charge is 2.00 e. The summed E-state index contributed by atoms with van der Waals surface area (Å²) in [6.45, 7) is 6.47. The van der Waals surface area contributed by atoms with Gasteiger partial charge in [0, 0.05) is 60.1 Å². The van der Waals surface area contributed by atoms with Crippen LogP contribution in [0.4, 0.5) is 22.7 Å². The van der Waals surface area contributed by atoms with Crippen molar-refractivity contribution >= 4 is 86.8 Å². The summed E-state index contributed by atoms with van der Waals surface area (Å²) in [6.07, 6.45) is 10.9. The molecule has 0 spiro atoms. The van der Waals surface area contributed by atoms with Crippen molar-refractivity contribution in [3.05, 3.63) is 132 Å². The number of hydrogen-bond donors (Lipinski definition) is 4. The van der Waals surface area contributed by atoms with Crippen molar-refractivity contribution in [1.29, 1.82) is 0 Å². The number of rotatable bonds is 17. The second-order valence-electron chi connectivity index (χ2n) is 22.0. The van der Waals surface area contributed by atoms with Crippen molar-refractivity contribution in [1.82, 2.24) is 19.9 Å². The molecule has 20 heteroatoms. The minimum Gasteiger partial charge on any atom is -0.657 e. The van der Waals surface area contributed by atoms with Gasteiger partial charge in [0.1, 0.15) is 41.3 Å². The molecular weight excluding hydrogens is 1180 g/mol. The van der Waals surface area contributed by atoms with Crippen molar-refractivity contribution in [2.45, 2.75) is 75.8 Å². The van der Waals surface area contributed by atoms with Crippen molar-refractivity contribution < 1.29 is 69.1 Å². The predicted molar refractivity (Wildman–Crippen MR) is 339 cm³/mol. The Morgan fingerprint density at radius 2 is 0.685 bits per heavy atom. The van der Waals surface area contributed by atoms with E-state index in [4.69, 9.17) is 57.8 Å². The summed E-state index contributed by atoms with van der Waals surface area (Å²) >= 11 is 0. The molecule has 89 heavy (non-hydrogen) atoms. The van der Waals surface area contributed by atoms with Crippen molar-refractivity contribution in [3.63, 3.8) is 0 Å². The fourth-order valence-electron chi connectivity index (χ4n) is 12.5. The van der Waals surface area contributed by atoms with Gasteiger partial charge in [-0.05, 0) is 135 Å². The van der Waals surface area contributed by atoms with Crippen LogP contribution in [0.2, 0.25) is 0 Å². The van der Waals surface area contributed by atoms with Crippen LogP contribution in [-0.4, -0.2) is 107 Å². The van der Waals surface area contributed by atoms with Crippen LogP contribution in [0.1, 0.15) is 74.1 Å². The van der Waals surface area contributed by atoms with E-state index in [-0.39, 0.29) is 40.6 Å². The van der Waals surface area contributed by atoms with Gasteiger partial charge in [0.25, 0.3) is 17.7 Å². The molecule has 7 aromatic rings. The Labute approximate surface area is 524 Å². The molecule has 4 N–H and O–H groups in total. The second-order valence-corrected chi connectivity index (χ2v) is 22.0. The fourth-order valence-corrected chi connectivity index (χ4v) is 12.5. The molecule has 13 rings (SSSR count). The number of anilines is 4. The summed E-state index contributed by atoms with van der Waals surface area (Å²) in [6, 6.07) is 29.8. The summed E-state index contributed by atoms with van der Waals surface area (Å²) in [5, 5.41) is 13.3. The Hall–Kier alpha value is -9.02. The molecule has 1 radical (unpaired) electrons. The molecule has 4 aromatic carbocycles. The number of aromatic nitrogens is 4. The average Bonchev–Trinajstić information content (AvgIpc) is 2.64. The molecule has 0 saturated carbocycles. The van der Waals surface area contributed by atoms with Gasteiger partial charge in [0.2, 0.25) is 0 Å². The number of benzene rings is 4. The molecule has 0 aliphatic carbocycles. The number of carbonyl (C=O) groups excluding carboxylic acids is 3. The van der Waals surface area contributed by atoms with Crippen molar-refractivity contribution in [2.24, 2.45) is 0 Å². The number of ether oxygens (including phenoxy) is 8. The third-order valence-electron chi connectivity index (χ3n) is 16.6. The first-order chi connectivity index (χ1) is 43.1. The van der Waals surface area contributed by atoms with E-state index in [2.05, 4.69) is 27.8 Å². The predicted octanol–water partition coefficient (Wildman–Crippen LogP) is 12.1. The minimum atomic E-state index is -0.692. The number of hydrogen-bond acceptors (Lipinski definition) is 14. The first kappa shape index (κ1) is 60.3. The topological polar surface area (TPSA) is 227 Å². The number of nitrogens with one attached hydrogen (secondary N) is 4. The van der Waals surface area contributed by atoms with Crippen LogP contribution in [0.25, 0.3) is 90.9 Å². The zero-order chi connectivity index (χ0) is 60.4. The monoisotopic (exact) mass is 1240 g/mol. The van der Waals surface area contributed by atoms with Gasteiger partial charge in [-0.15, -0.1) is 22.1 Å². The van der Waals surface area contributed by atoms with Gasteiger partial charge in [0.15, 0.2) is 0 Å². The smallest absolute Gasteiger partial charge is 0.657 e. The Kier molecular flexibility index (Phi) is 17.8. The Morgan fingerprint density at radius 1 is 0.404 bits per heavy atom. The molecule has 19 nitrogen and oxygen atoms in total. The van der Waals surface area contributed by atoms with Crippen LogP contribution < -0.4 is 50.2 Å². The quantitative estimate of drug-likeness (QED) is 0.0665. The van der Waals surface area contributed by atoms with E-state index < -0.39 is 18.3 Å². The zero-order valence-electron chi connectivity index (χ0n) is 49.7. The van der Waals surface area contributed by atoms with E-state index in [1.807, 2.05) is 103 Å². The number of methoxy groups -OCH3 is 4. The number of carbonyl (C=O) groups is 3. The number of fused-ring (bicyclic) bond motifs is 8. The fraction of sp³-hybridized carbons (Fsp3) is 0.290. The van der Waals surface area contributed by atoms with Crippen LogP contribution in [0, 0.1) is 0 Å². The Balaban J connectivity index is 0.00000769. The van der Waals surface area contributed by atoms with Gasteiger partial charge < -0.3 is 69.1 Å². The molecule has 3 aromatic heterocycles. The molecule has 4 saturated heterocycles. The van der Waals surface area contributed by atoms with Crippen LogP contribution in [0.3, 0.4) is 0 Å². The number of amides is 3. The summed E-state index contributed by atoms with van der Waals surface area (Å²) in [4.78, 5) is 65.3. The van der Waals surface area contributed by atoms with Crippen molar-refractivity contribution in [3.8, 4) is 67.5 Å². The first-order valence-corrected chi connectivity index (χ1v) is 29.7. The molecule has 4 fully saturated rings. The standard InChI is InChI=1S/C69H68N8O11.Co/c1-38(51-22-10-34-85-51)70-39-14-6-15-40(75-67(78)56-23-11-35-86-56)59(39)61-43-26-30-47(71-43)63(65-52(81-2)18-8-19-53(65)82-3)49-32-28-45(73-49)62(46-29-33-50(74-46)64(48-31-27-44(61)72-48)66-54(83-4)20-9-21-55(66)84-5)60-41(76-68(79)57-24-12-36-87-57)16-7-17-42(60)77-69(80)58-25-13-37-88-58;/h6-9,14-21,26-33,51,56-58H,1,10-13,22-25,34-37H2,2-5H3,(H6,70,71,72,73,74,75,76,77,78,79,80);/q;+2/p-2. The average molecular weight is 1240 g/mol. The summed E-state index contributed by atoms with van der Waals surface area (Å²) in [7, 11) is 6.38. The van der Waals surface area contributed by atoms with E-state index in [1.165, 1.54) is 0 Å². The molecule has 3 amide bonds. The van der Waals surface area contributed by atoms with Crippen LogP contribution in [0.15, 0.2) is 109 Å². The molecule has 8 bridgehead atoms. The molecule has 4 atom stereocenters. The first-order valence-electron chi connectivity index (χ1n) is 29.7. The third-order valence-corrected chi connectivity index (χ3v) is 16.6. The second kappa shape index (κ2) is 26.4. The Morgan fingerprint density at radius 3 is 0.978 bits per heavy atom. The van der Waals surface area contributed by atoms with E-state index in [0.29, 0.717) is 186 Å². The van der Waals surface area contributed by atoms with Gasteiger partial charge in [-0.25, -0.2) is 9.97 Å². The van der Waals surface area contributed by atoms with E-state index >= 15 is 0 Å². The molecule has 6 aliphatic rings. The van der Waals surface area contributed by atoms with E-state index in [1.54, 1.807) is 46.6 Å². The molecule has 9 heterocycles. The van der Waals surface area contributed by atoms with Gasteiger partial charge >= 0.3 is 16.8 Å². The Bertz CT molecular complexity index is 3740. The minimum absolute atomic E-state index is 0. The normalized spacial score (nSPS) is 18.3. The SMILES string of the molecule is C=C(Nc1cccc(NC(=O)C2CCCO2)c1-c1c2nc(c(-c3c(OC)cccc3OC)c3ccc([n-]3)c(-c3c(NC(=O)C4CCCO4)cccc3NC(=O)C3CCCO3)c3nc(c(-c4c(OC)cccc4OC)c4ccc1[n-]4)C=C3)C=C2)C1CCCO1.[Co+2]. The van der Waals surface area contributed by atoms with Crippen molar-refractivity contribution in [2.75, 3.05) is 76.1 Å². The summed E-state index contributed by atoms with van der Waals surface area (Å²) in [5.74, 6) is 0.959. The zero-order valence-corrected chi connectivity index (χ0v) is 50.7. The van der Waals surface area contributed by atoms with Crippen LogP contribution >= 0.6 is 0 Å². The van der Waals surface area contributed by atoms with Gasteiger partial charge in [-0.1, -0.05) is 55.1 Å². The molecule has 6 aliphatic heterocycles. The number of nitrogens with zero attached hydrogens (tertiary/aromatic N) is 4. The van der Waals surface area contributed by atoms with Crippen LogP contribution in [0.5, 0.6) is 23.0 Å². The molecular formula is C69H66CoN8O11. The van der Waals surface area contributed by atoms with E-state index in [0.717, 1.165) is 32.1 Å². The van der Waals surface area contributed by atoms with Gasteiger partial charge in [-0.3, -0.25) is 14.4 Å². The van der Waals surface area contributed by atoms with Crippen LogP contribution in [-0.2, 0) is 50.1 Å². The maximum Gasteiger partial charge on any atom is 2.00 e. The third kappa shape index (κ3) is 11.8.